The molecule has 30 heavy (non-hydrogen) atoms. The Balaban J connectivity index is 1.75. The minimum Gasteiger partial charge on any atom is -0.409 e. The molecule has 1 heterocycles. The first kappa shape index (κ1) is 20.8. The van der Waals surface area contributed by atoms with Crippen LogP contribution in [0.4, 0.5) is 0 Å². The second-order valence-electron chi connectivity index (χ2n) is 8.54. The maximum absolute atomic E-state index is 6.37. The minimum atomic E-state index is -1.64. The lowest BCUT2D eigenvalue weighted by Gasteiger charge is -2.26. The van der Waals surface area contributed by atoms with Crippen molar-refractivity contribution in [1.82, 2.24) is 0 Å². The van der Waals surface area contributed by atoms with Crippen LogP contribution in [-0.4, -0.2) is 0 Å². The number of fused-ring (bicyclic) bond motifs is 2. The lowest BCUT2D eigenvalue weighted by atomic mass is 9.96. The van der Waals surface area contributed by atoms with Gasteiger partial charge in [0.2, 0.25) is 0 Å². The molecule has 0 atom stereocenters. The largest absolute Gasteiger partial charge is 0.530 e. The molecular weight excluding hydrogens is 391 g/mol. The highest BCUT2D eigenvalue weighted by atomic mass is 31.2. The zero-order chi connectivity index (χ0) is 21.4. The molecule has 4 rings (SSSR count). The quantitative estimate of drug-likeness (QED) is 0.406. The van der Waals surface area contributed by atoms with Gasteiger partial charge < -0.3 is 13.6 Å². The summed E-state index contributed by atoms with van der Waals surface area (Å²) in [6.07, 6.45) is 0.780. The van der Waals surface area contributed by atoms with E-state index in [0.717, 1.165) is 34.8 Å². The van der Waals surface area contributed by atoms with Crippen LogP contribution >= 0.6 is 8.60 Å². The summed E-state index contributed by atoms with van der Waals surface area (Å²) < 4.78 is 19.0. The normalized spacial score (nSPS) is 13.6. The van der Waals surface area contributed by atoms with Gasteiger partial charge in [0.1, 0.15) is 17.2 Å². The van der Waals surface area contributed by atoms with Gasteiger partial charge in [-0.05, 0) is 73.6 Å². The average molecular weight is 420 g/mol. The summed E-state index contributed by atoms with van der Waals surface area (Å²) in [6.45, 7) is 12.8. The van der Waals surface area contributed by atoms with Crippen molar-refractivity contribution in [3.63, 3.8) is 0 Å². The van der Waals surface area contributed by atoms with Crippen LogP contribution in [0.1, 0.15) is 58.7 Å². The lowest BCUT2D eigenvalue weighted by molar-refractivity contribution is 0.379. The van der Waals surface area contributed by atoms with E-state index in [0.29, 0.717) is 5.92 Å². The van der Waals surface area contributed by atoms with Crippen LogP contribution < -0.4 is 13.6 Å². The second-order valence-corrected chi connectivity index (χ2v) is 9.53. The van der Waals surface area contributed by atoms with Crippen molar-refractivity contribution >= 4 is 8.60 Å². The molecule has 0 bridgehead atoms. The Labute approximate surface area is 181 Å². The molecule has 3 aromatic rings. The summed E-state index contributed by atoms with van der Waals surface area (Å²) >= 11 is 0. The highest BCUT2D eigenvalue weighted by Gasteiger charge is 2.28. The van der Waals surface area contributed by atoms with Crippen molar-refractivity contribution in [2.75, 3.05) is 0 Å². The zero-order valence-electron chi connectivity index (χ0n) is 18.6. The van der Waals surface area contributed by atoms with E-state index in [9.17, 15) is 0 Å². The van der Waals surface area contributed by atoms with E-state index in [1.807, 2.05) is 12.1 Å². The third-order valence-electron chi connectivity index (χ3n) is 5.43. The highest BCUT2D eigenvalue weighted by Crippen LogP contribution is 2.49. The predicted molar refractivity (Wildman–Crippen MR) is 124 cm³/mol. The number of hydrogen-bond donors (Lipinski definition) is 0. The Morgan fingerprint density at radius 2 is 1.27 bits per heavy atom. The first-order valence-electron chi connectivity index (χ1n) is 10.4. The van der Waals surface area contributed by atoms with E-state index in [2.05, 4.69) is 77.9 Å². The lowest BCUT2D eigenvalue weighted by Crippen LogP contribution is -2.10. The molecule has 1 aliphatic heterocycles. The van der Waals surface area contributed by atoms with Crippen LogP contribution in [0.15, 0.2) is 48.5 Å². The highest BCUT2D eigenvalue weighted by molar-refractivity contribution is 7.43. The fourth-order valence-electron chi connectivity index (χ4n) is 4.02. The van der Waals surface area contributed by atoms with Crippen LogP contribution in [0, 0.1) is 27.7 Å². The van der Waals surface area contributed by atoms with Gasteiger partial charge >= 0.3 is 8.60 Å². The molecule has 0 aliphatic carbocycles. The van der Waals surface area contributed by atoms with Gasteiger partial charge in [0.15, 0.2) is 0 Å². The molecule has 0 N–H and O–H groups in total. The standard InChI is InChI=1S/C26H29O3P/c1-16(2)21-7-9-24(10-8-21)27-30-28-25-19(5)11-17(3)13-22(25)15-23-14-18(4)12-20(6)26(23)29-30/h7-14,16H,15H2,1-6H3. The molecule has 0 saturated heterocycles. The van der Waals surface area contributed by atoms with Gasteiger partial charge in [0.05, 0.1) is 0 Å². The molecule has 3 nitrogen and oxygen atoms in total. The van der Waals surface area contributed by atoms with Gasteiger partial charge in [-0.1, -0.05) is 61.4 Å². The SMILES string of the molecule is Cc1cc(C)c2c(c1)Cc1cc(C)cc(C)c1OP(Oc1ccc(C(C)C)cc1)O2. The Bertz CT molecular complexity index is 1010. The maximum atomic E-state index is 6.37. The third-order valence-corrected chi connectivity index (χ3v) is 6.45. The predicted octanol–water partition coefficient (Wildman–Crippen LogP) is 7.71. The van der Waals surface area contributed by atoms with Crippen molar-refractivity contribution in [2.24, 2.45) is 0 Å². The fraction of sp³-hybridized carbons (Fsp3) is 0.308. The molecule has 0 unspecified atom stereocenters. The molecule has 0 aromatic heterocycles. The minimum absolute atomic E-state index is 0.481. The Morgan fingerprint density at radius 3 is 1.73 bits per heavy atom. The summed E-state index contributed by atoms with van der Waals surface area (Å²) in [5.74, 6) is 2.98. The van der Waals surface area contributed by atoms with Crippen molar-refractivity contribution in [3.8, 4) is 17.2 Å². The topological polar surface area (TPSA) is 27.7 Å². The van der Waals surface area contributed by atoms with Gasteiger partial charge in [-0.3, -0.25) is 0 Å². The van der Waals surface area contributed by atoms with Crippen LogP contribution in [0.25, 0.3) is 0 Å². The third kappa shape index (κ3) is 4.32. The van der Waals surface area contributed by atoms with Gasteiger partial charge in [-0.15, -0.1) is 0 Å². The first-order valence-corrected chi connectivity index (χ1v) is 11.5. The Hall–Kier alpha value is -2.51. The Morgan fingerprint density at radius 1 is 0.767 bits per heavy atom. The molecule has 0 fully saturated rings. The van der Waals surface area contributed by atoms with Crippen molar-refractivity contribution < 1.29 is 13.6 Å². The van der Waals surface area contributed by atoms with E-state index >= 15 is 0 Å². The smallest absolute Gasteiger partial charge is 0.409 e. The van der Waals surface area contributed by atoms with Crippen LogP contribution in [0.5, 0.6) is 17.2 Å². The molecule has 0 radical (unpaired) electrons. The fourth-order valence-corrected chi connectivity index (χ4v) is 5.24. The first-order chi connectivity index (χ1) is 14.3. The van der Waals surface area contributed by atoms with E-state index in [4.69, 9.17) is 13.6 Å². The molecule has 0 saturated carbocycles. The zero-order valence-corrected chi connectivity index (χ0v) is 19.5. The van der Waals surface area contributed by atoms with Gasteiger partial charge in [-0.2, -0.15) is 0 Å². The van der Waals surface area contributed by atoms with Crippen LogP contribution in [-0.2, 0) is 6.42 Å². The molecule has 156 valence electrons. The number of benzene rings is 3. The monoisotopic (exact) mass is 420 g/mol. The van der Waals surface area contributed by atoms with E-state index in [-0.39, 0.29) is 0 Å². The van der Waals surface area contributed by atoms with E-state index < -0.39 is 8.60 Å². The van der Waals surface area contributed by atoms with Crippen molar-refractivity contribution in [1.29, 1.82) is 0 Å². The van der Waals surface area contributed by atoms with E-state index in [1.54, 1.807) is 0 Å². The van der Waals surface area contributed by atoms with Gasteiger partial charge in [0.25, 0.3) is 0 Å². The van der Waals surface area contributed by atoms with Gasteiger partial charge in [-0.25, -0.2) is 0 Å². The van der Waals surface area contributed by atoms with E-state index in [1.165, 1.54) is 27.8 Å². The molecule has 0 amide bonds. The summed E-state index contributed by atoms with van der Waals surface area (Å²) in [6, 6.07) is 16.9. The summed E-state index contributed by atoms with van der Waals surface area (Å²) in [4.78, 5) is 0. The maximum Gasteiger partial charge on any atom is 0.530 e. The number of hydrogen-bond acceptors (Lipinski definition) is 3. The second kappa shape index (κ2) is 8.32. The molecule has 1 aliphatic rings. The summed E-state index contributed by atoms with van der Waals surface area (Å²) in [7, 11) is -1.64. The van der Waals surface area contributed by atoms with Crippen molar-refractivity contribution in [3.05, 3.63) is 87.5 Å². The molecular formula is C26H29O3P. The molecule has 4 heteroatoms. The van der Waals surface area contributed by atoms with Crippen molar-refractivity contribution in [2.45, 2.75) is 53.9 Å². The molecule has 3 aromatic carbocycles. The number of aryl methyl sites for hydroxylation is 4. The Kier molecular flexibility index (Phi) is 5.75. The molecule has 0 spiro atoms. The number of rotatable bonds is 3. The van der Waals surface area contributed by atoms with Gasteiger partial charge in [0, 0.05) is 6.42 Å². The van der Waals surface area contributed by atoms with Crippen LogP contribution in [0.2, 0.25) is 0 Å². The summed E-state index contributed by atoms with van der Waals surface area (Å²) in [5.41, 5.74) is 8.30. The van der Waals surface area contributed by atoms with Crippen LogP contribution in [0.3, 0.4) is 0 Å². The average Bonchev–Trinajstić information content (AvgIpc) is 2.66. The summed E-state index contributed by atoms with van der Waals surface area (Å²) in [5, 5.41) is 0.